The molecule has 2 saturated heterocycles. The standard InChI is InChI=1S/C23H31N5O2/c1-19(21-7-4-8-22(16-21)28(29)30)27-11-5-6-20(18-27)17-25-12-14-26(15-13-25)23-9-2-3-10-24-23/h2-4,7-10,16,19-20H,5-6,11-15,17-18H2,1H3. The van der Waals surface area contributed by atoms with Crippen molar-refractivity contribution in [2.75, 3.05) is 50.7 Å². The van der Waals surface area contributed by atoms with Crippen LogP contribution in [0.2, 0.25) is 0 Å². The van der Waals surface area contributed by atoms with Crippen LogP contribution in [0.25, 0.3) is 0 Å². The third-order valence-corrected chi connectivity index (χ3v) is 6.52. The van der Waals surface area contributed by atoms with Crippen LogP contribution in [0.1, 0.15) is 31.4 Å². The first-order valence-corrected chi connectivity index (χ1v) is 11.0. The molecule has 0 amide bonds. The van der Waals surface area contributed by atoms with E-state index in [4.69, 9.17) is 0 Å². The highest BCUT2D eigenvalue weighted by Gasteiger charge is 2.27. The van der Waals surface area contributed by atoms with Gasteiger partial charge in [-0.15, -0.1) is 0 Å². The number of nitro groups is 1. The first-order chi connectivity index (χ1) is 14.6. The molecule has 2 unspecified atom stereocenters. The molecule has 1 aromatic heterocycles. The molecule has 0 radical (unpaired) electrons. The van der Waals surface area contributed by atoms with Gasteiger partial charge in [-0.3, -0.25) is 19.9 Å². The van der Waals surface area contributed by atoms with E-state index in [1.807, 2.05) is 24.4 Å². The van der Waals surface area contributed by atoms with Crippen LogP contribution in [0, 0.1) is 16.0 Å². The van der Waals surface area contributed by atoms with Crippen molar-refractivity contribution in [3.8, 4) is 0 Å². The van der Waals surface area contributed by atoms with Crippen LogP contribution in [-0.4, -0.2) is 65.5 Å². The Hall–Kier alpha value is -2.51. The quantitative estimate of drug-likeness (QED) is 0.537. The molecule has 7 nitrogen and oxygen atoms in total. The number of aromatic nitrogens is 1. The van der Waals surface area contributed by atoms with Gasteiger partial charge in [-0.05, 0) is 49.9 Å². The fourth-order valence-electron chi connectivity index (χ4n) is 4.77. The number of nitrogens with zero attached hydrogens (tertiary/aromatic N) is 5. The summed E-state index contributed by atoms with van der Waals surface area (Å²) < 4.78 is 0. The van der Waals surface area contributed by atoms with Crippen LogP contribution in [0.3, 0.4) is 0 Å². The lowest BCUT2D eigenvalue weighted by Crippen LogP contribution is -2.50. The van der Waals surface area contributed by atoms with E-state index in [2.05, 4.69) is 32.7 Å². The maximum atomic E-state index is 11.1. The number of non-ortho nitro benzene ring substituents is 1. The second-order valence-electron chi connectivity index (χ2n) is 8.51. The molecular formula is C23H31N5O2. The average molecular weight is 410 g/mol. The van der Waals surface area contributed by atoms with Crippen molar-refractivity contribution in [3.63, 3.8) is 0 Å². The summed E-state index contributed by atoms with van der Waals surface area (Å²) in [4.78, 5) is 22.7. The van der Waals surface area contributed by atoms with Crippen LogP contribution in [-0.2, 0) is 0 Å². The lowest BCUT2D eigenvalue weighted by molar-refractivity contribution is -0.385. The van der Waals surface area contributed by atoms with Gasteiger partial charge in [0.15, 0.2) is 0 Å². The lowest BCUT2D eigenvalue weighted by Gasteiger charge is -2.41. The van der Waals surface area contributed by atoms with Gasteiger partial charge in [0.25, 0.3) is 5.69 Å². The van der Waals surface area contributed by atoms with Crippen LogP contribution in [0.5, 0.6) is 0 Å². The number of nitro benzene ring substituents is 1. The molecule has 2 aliphatic rings. The molecule has 1 aromatic carbocycles. The summed E-state index contributed by atoms with van der Waals surface area (Å²) in [5.41, 5.74) is 1.22. The molecule has 7 heteroatoms. The minimum atomic E-state index is -0.306. The second kappa shape index (κ2) is 9.53. The molecule has 0 aliphatic carbocycles. The highest BCUT2D eigenvalue weighted by atomic mass is 16.6. The van der Waals surface area contributed by atoms with Gasteiger partial charge in [0.1, 0.15) is 5.82 Å². The maximum absolute atomic E-state index is 11.1. The van der Waals surface area contributed by atoms with Gasteiger partial charge in [-0.1, -0.05) is 18.2 Å². The Bertz CT molecular complexity index is 838. The molecule has 3 heterocycles. The summed E-state index contributed by atoms with van der Waals surface area (Å²) in [5, 5.41) is 11.1. The van der Waals surface area contributed by atoms with Gasteiger partial charge in [0.05, 0.1) is 4.92 Å². The van der Waals surface area contributed by atoms with E-state index in [-0.39, 0.29) is 16.7 Å². The third kappa shape index (κ3) is 4.96. The van der Waals surface area contributed by atoms with Crippen LogP contribution >= 0.6 is 0 Å². The first-order valence-electron chi connectivity index (χ1n) is 11.0. The van der Waals surface area contributed by atoms with Crippen LogP contribution in [0.15, 0.2) is 48.7 Å². The molecule has 0 saturated carbocycles. The van der Waals surface area contributed by atoms with Crippen molar-refractivity contribution in [3.05, 3.63) is 64.3 Å². The SMILES string of the molecule is CC(c1cccc([N+](=O)[O-])c1)N1CCCC(CN2CCN(c3ccccn3)CC2)C1. The van der Waals surface area contributed by atoms with Crippen molar-refractivity contribution in [2.45, 2.75) is 25.8 Å². The van der Waals surface area contributed by atoms with E-state index in [1.165, 1.54) is 12.8 Å². The molecule has 0 spiro atoms. The van der Waals surface area contributed by atoms with Gasteiger partial charge in [-0.2, -0.15) is 0 Å². The normalized spacial score (nSPS) is 22.0. The molecule has 0 N–H and O–H groups in total. The van der Waals surface area contributed by atoms with E-state index in [9.17, 15) is 10.1 Å². The summed E-state index contributed by atoms with van der Waals surface area (Å²) in [5.74, 6) is 1.73. The number of likely N-dealkylation sites (tertiary alicyclic amines) is 1. The van der Waals surface area contributed by atoms with Gasteiger partial charge >= 0.3 is 0 Å². The second-order valence-corrected chi connectivity index (χ2v) is 8.51. The predicted octanol–water partition coefficient (Wildman–Crippen LogP) is 3.59. The molecule has 2 aromatic rings. The van der Waals surface area contributed by atoms with Crippen molar-refractivity contribution < 1.29 is 4.92 Å². The van der Waals surface area contributed by atoms with Crippen molar-refractivity contribution in [2.24, 2.45) is 5.92 Å². The fourth-order valence-corrected chi connectivity index (χ4v) is 4.77. The molecule has 2 fully saturated rings. The van der Waals surface area contributed by atoms with Gasteiger partial charge < -0.3 is 4.90 Å². The summed E-state index contributed by atoms with van der Waals surface area (Å²) in [7, 11) is 0. The van der Waals surface area contributed by atoms with Crippen molar-refractivity contribution in [1.82, 2.24) is 14.8 Å². The van der Waals surface area contributed by atoms with Crippen molar-refractivity contribution in [1.29, 1.82) is 0 Å². The van der Waals surface area contributed by atoms with Gasteiger partial charge in [0, 0.05) is 63.6 Å². The zero-order valence-electron chi connectivity index (χ0n) is 17.7. The number of benzene rings is 1. The van der Waals surface area contributed by atoms with Crippen molar-refractivity contribution >= 4 is 11.5 Å². The van der Waals surface area contributed by atoms with E-state index >= 15 is 0 Å². The van der Waals surface area contributed by atoms with E-state index in [0.717, 1.165) is 57.2 Å². The van der Waals surface area contributed by atoms with E-state index in [0.29, 0.717) is 5.92 Å². The Balaban J connectivity index is 1.30. The van der Waals surface area contributed by atoms with E-state index in [1.54, 1.807) is 18.2 Å². The minimum absolute atomic E-state index is 0.179. The smallest absolute Gasteiger partial charge is 0.269 e. The number of rotatable bonds is 6. The summed E-state index contributed by atoms with van der Waals surface area (Å²) >= 11 is 0. The lowest BCUT2D eigenvalue weighted by atomic mass is 9.94. The monoisotopic (exact) mass is 409 g/mol. The maximum Gasteiger partial charge on any atom is 0.269 e. The molecule has 30 heavy (non-hydrogen) atoms. The number of hydrogen-bond donors (Lipinski definition) is 0. The van der Waals surface area contributed by atoms with Crippen LogP contribution < -0.4 is 4.90 Å². The molecule has 2 aliphatic heterocycles. The zero-order valence-corrected chi connectivity index (χ0v) is 17.7. The third-order valence-electron chi connectivity index (χ3n) is 6.52. The predicted molar refractivity (Wildman–Crippen MR) is 119 cm³/mol. The fraction of sp³-hybridized carbons (Fsp3) is 0.522. The Morgan fingerprint density at radius 2 is 1.97 bits per heavy atom. The highest BCUT2D eigenvalue weighted by Crippen LogP contribution is 2.29. The molecule has 2 atom stereocenters. The largest absolute Gasteiger partial charge is 0.354 e. The van der Waals surface area contributed by atoms with Gasteiger partial charge in [-0.25, -0.2) is 4.98 Å². The topological polar surface area (TPSA) is 65.8 Å². The Morgan fingerprint density at radius 1 is 1.13 bits per heavy atom. The summed E-state index contributed by atoms with van der Waals surface area (Å²) in [6, 6.07) is 13.4. The van der Waals surface area contributed by atoms with Gasteiger partial charge in [0.2, 0.25) is 0 Å². The molecular weight excluding hydrogens is 378 g/mol. The Labute approximate surface area is 178 Å². The molecule has 4 rings (SSSR count). The number of pyridine rings is 1. The summed E-state index contributed by atoms with van der Waals surface area (Å²) in [6.07, 6.45) is 4.32. The molecule has 0 bridgehead atoms. The highest BCUT2D eigenvalue weighted by molar-refractivity contribution is 5.38. The number of anilines is 1. The average Bonchev–Trinajstić information content (AvgIpc) is 2.80. The Kier molecular flexibility index (Phi) is 6.59. The first kappa shape index (κ1) is 20.8. The number of hydrogen-bond acceptors (Lipinski definition) is 6. The number of piperidine rings is 1. The molecule has 160 valence electrons. The van der Waals surface area contributed by atoms with E-state index < -0.39 is 0 Å². The number of piperazine rings is 1. The zero-order chi connectivity index (χ0) is 20.9. The summed E-state index contributed by atoms with van der Waals surface area (Å²) in [6.45, 7) is 9.63. The Morgan fingerprint density at radius 3 is 2.70 bits per heavy atom. The minimum Gasteiger partial charge on any atom is -0.354 e. The van der Waals surface area contributed by atoms with Crippen LogP contribution in [0.4, 0.5) is 11.5 Å².